The molecule has 1 aromatic carbocycles. The van der Waals surface area contributed by atoms with Crippen molar-refractivity contribution in [2.75, 3.05) is 20.4 Å². The molecule has 2 aromatic rings. The van der Waals surface area contributed by atoms with Gasteiger partial charge in [0.25, 0.3) is 0 Å². The van der Waals surface area contributed by atoms with Gasteiger partial charge in [-0.1, -0.05) is 6.07 Å². The van der Waals surface area contributed by atoms with Crippen molar-refractivity contribution in [1.82, 2.24) is 14.5 Å². The van der Waals surface area contributed by atoms with Crippen LogP contribution in [0.15, 0.2) is 23.1 Å². The van der Waals surface area contributed by atoms with Crippen molar-refractivity contribution < 1.29 is 13.2 Å². The molecule has 0 fully saturated rings. The molecule has 0 radical (unpaired) electrons. The monoisotopic (exact) mass is 327 g/mol. The van der Waals surface area contributed by atoms with Crippen molar-refractivity contribution in [1.29, 1.82) is 0 Å². The highest BCUT2D eigenvalue weighted by Crippen LogP contribution is 2.22. The van der Waals surface area contributed by atoms with Gasteiger partial charge in [-0.25, -0.2) is 8.42 Å². The van der Waals surface area contributed by atoms with Gasteiger partial charge in [-0.2, -0.15) is 0 Å². The molecular weight excluding hydrogens is 310 g/mol. The molecule has 0 atom stereocenters. The minimum absolute atomic E-state index is 0.00878. The van der Waals surface area contributed by atoms with E-state index in [1.165, 1.54) is 11.0 Å². The lowest BCUT2D eigenvalue weighted by molar-refractivity contribution is -0.128. The SMILES string of the molecule is CN(C)C(=O)CCn1c(=S)[nH]c2c(S(C)(=O)=O)cccc21. The summed E-state index contributed by atoms with van der Waals surface area (Å²) in [6.45, 7) is 0.406. The van der Waals surface area contributed by atoms with E-state index >= 15 is 0 Å². The molecule has 8 heteroatoms. The fraction of sp³-hybridized carbons (Fsp3) is 0.385. The maximum atomic E-state index is 11.8. The highest BCUT2D eigenvalue weighted by molar-refractivity contribution is 7.91. The first-order valence-corrected chi connectivity index (χ1v) is 8.63. The van der Waals surface area contributed by atoms with Crippen LogP contribution in [0.25, 0.3) is 11.0 Å². The molecule has 0 saturated heterocycles. The van der Waals surface area contributed by atoms with Crippen LogP contribution >= 0.6 is 12.2 Å². The summed E-state index contributed by atoms with van der Waals surface area (Å²) in [7, 11) is 0.0425. The quantitative estimate of drug-likeness (QED) is 0.865. The Bertz CT molecular complexity index is 847. The van der Waals surface area contributed by atoms with Crippen LogP contribution in [-0.4, -0.2) is 49.1 Å². The first kappa shape index (κ1) is 15.7. The number of sulfone groups is 1. The molecule has 0 bridgehead atoms. The van der Waals surface area contributed by atoms with Crippen molar-refractivity contribution in [2.45, 2.75) is 17.9 Å². The number of para-hydroxylation sites is 1. The summed E-state index contributed by atoms with van der Waals surface area (Å²) in [5.41, 5.74) is 1.18. The number of aryl methyl sites for hydroxylation is 1. The molecule has 1 aromatic heterocycles. The van der Waals surface area contributed by atoms with Gasteiger partial charge in [0.15, 0.2) is 14.6 Å². The van der Waals surface area contributed by atoms with E-state index in [9.17, 15) is 13.2 Å². The van der Waals surface area contributed by atoms with Crippen LogP contribution in [0.5, 0.6) is 0 Å². The first-order chi connectivity index (χ1) is 9.71. The van der Waals surface area contributed by atoms with Crippen LogP contribution in [0.4, 0.5) is 0 Å². The Morgan fingerprint density at radius 1 is 1.38 bits per heavy atom. The predicted octanol–water partition coefficient (Wildman–Crippen LogP) is 1.58. The average Bonchev–Trinajstić information content (AvgIpc) is 2.69. The third-order valence-electron chi connectivity index (χ3n) is 3.22. The molecule has 1 N–H and O–H groups in total. The molecule has 1 amide bonds. The van der Waals surface area contributed by atoms with Crippen molar-refractivity contribution in [3.63, 3.8) is 0 Å². The number of H-pyrrole nitrogens is 1. The zero-order chi connectivity index (χ0) is 15.8. The molecular formula is C13H17N3O3S2. The summed E-state index contributed by atoms with van der Waals surface area (Å²) in [5.74, 6) is -0.00878. The molecule has 0 unspecified atom stereocenters. The Balaban J connectivity index is 2.50. The van der Waals surface area contributed by atoms with Gasteiger partial charge in [0, 0.05) is 33.3 Å². The summed E-state index contributed by atoms with van der Waals surface area (Å²) in [6.07, 6.45) is 1.46. The number of imidazole rings is 1. The third kappa shape index (κ3) is 3.16. The van der Waals surface area contributed by atoms with Gasteiger partial charge in [0.1, 0.15) is 0 Å². The topological polar surface area (TPSA) is 75.2 Å². The number of rotatable bonds is 4. The van der Waals surface area contributed by atoms with Crippen molar-refractivity contribution in [3.8, 4) is 0 Å². The Morgan fingerprint density at radius 3 is 2.62 bits per heavy atom. The Labute approximate surface area is 128 Å². The highest BCUT2D eigenvalue weighted by atomic mass is 32.2. The summed E-state index contributed by atoms with van der Waals surface area (Å²) in [5, 5.41) is 0. The minimum atomic E-state index is -3.34. The molecule has 0 aliphatic carbocycles. The molecule has 114 valence electrons. The number of hydrogen-bond donors (Lipinski definition) is 1. The second kappa shape index (κ2) is 5.61. The molecule has 0 aliphatic heterocycles. The molecule has 0 aliphatic rings. The Kier molecular flexibility index (Phi) is 4.20. The lowest BCUT2D eigenvalue weighted by atomic mass is 10.3. The fourth-order valence-electron chi connectivity index (χ4n) is 2.12. The Hall–Kier alpha value is -1.67. The lowest BCUT2D eigenvalue weighted by Crippen LogP contribution is -2.22. The zero-order valence-electron chi connectivity index (χ0n) is 12.1. The molecule has 2 rings (SSSR count). The second-order valence-electron chi connectivity index (χ2n) is 5.04. The number of carbonyl (C=O) groups is 1. The van der Waals surface area contributed by atoms with E-state index in [4.69, 9.17) is 12.2 Å². The summed E-state index contributed by atoms with van der Waals surface area (Å²) in [6, 6.07) is 5.00. The molecule has 6 nitrogen and oxygen atoms in total. The van der Waals surface area contributed by atoms with E-state index in [2.05, 4.69) is 4.98 Å². The largest absolute Gasteiger partial charge is 0.349 e. The van der Waals surface area contributed by atoms with Gasteiger partial charge in [-0.3, -0.25) is 4.79 Å². The number of hydrogen-bond acceptors (Lipinski definition) is 4. The van der Waals surface area contributed by atoms with E-state index in [-0.39, 0.29) is 10.8 Å². The average molecular weight is 327 g/mol. The summed E-state index contributed by atoms with van der Waals surface area (Å²) in [4.78, 5) is 16.3. The molecule has 0 spiro atoms. The smallest absolute Gasteiger partial charge is 0.223 e. The van der Waals surface area contributed by atoms with Crippen molar-refractivity contribution in [2.24, 2.45) is 0 Å². The van der Waals surface area contributed by atoms with E-state index in [1.807, 2.05) is 0 Å². The van der Waals surface area contributed by atoms with E-state index in [1.54, 1.807) is 30.8 Å². The van der Waals surface area contributed by atoms with Gasteiger partial charge in [0.2, 0.25) is 5.91 Å². The van der Waals surface area contributed by atoms with Crippen LogP contribution in [0.3, 0.4) is 0 Å². The fourth-order valence-corrected chi connectivity index (χ4v) is 3.26. The number of aromatic nitrogens is 2. The standard InChI is InChI=1S/C13H17N3O3S2/c1-15(2)11(17)7-8-16-9-5-4-6-10(21(3,18)19)12(9)14-13(16)20/h4-6H,7-8H2,1-3H3,(H,14,20). The number of benzene rings is 1. The normalized spacial score (nSPS) is 11.8. The van der Waals surface area contributed by atoms with Crippen LogP contribution < -0.4 is 0 Å². The predicted molar refractivity (Wildman–Crippen MR) is 83.5 cm³/mol. The highest BCUT2D eigenvalue weighted by Gasteiger charge is 2.16. The molecule has 1 heterocycles. The van der Waals surface area contributed by atoms with Gasteiger partial charge in [-0.15, -0.1) is 0 Å². The van der Waals surface area contributed by atoms with Gasteiger partial charge in [-0.05, 0) is 24.4 Å². The van der Waals surface area contributed by atoms with Crippen molar-refractivity contribution >= 4 is 39.0 Å². The van der Waals surface area contributed by atoms with Gasteiger partial charge >= 0.3 is 0 Å². The summed E-state index contributed by atoms with van der Waals surface area (Å²) < 4.78 is 25.8. The molecule has 21 heavy (non-hydrogen) atoms. The lowest BCUT2D eigenvalue weighted by Gasteiger charge is -2.10. The van der Waals surface area contributed by atoms with Gasteiger partial charge < -0.3 is 14.5 Å². The maximum Gasteiger partial charge on any atom is 0.223 e. The number of aromatic amines is 1. The number of fused-ring (bicyclic) bond motifs is 1. The number of nitrogens with one attached hydrogen (secondary N) is 1. The van der Waals surface area contributed by atoms with Crippen LogP contribution in [0.1, 0.15) is 6.42 Å². The van der Waals surface area contributed by atoms with Crippen LogP contribution in [0, 0.1) is 4.77 Å². The number of nitrogens with zero attached hydrogens (tertiary/aromatic N) is 2. The first-order valence-electron chi connectivity index (χ1n) is 6.33. The van der Waals surface area contributed by atoms with Crippen molar-refractivity contribution in [3.05, 3.63) is 23.0 Å². The number of amides is 1. The van der Waals surface area contributed by atoms with E-state index in [0.717, 1.165) is 6.26 Å². The maximum absolute atomic E-state index is 11.8. The van der Waals surface area contributed by atoms with E-state index in [0.29, 0.717) is 28.8 Å². The zero-order valence-corrected chi connectivity index (χ0v) is 13.7. The third-order valence-corrected chi connectivity index (χ3v) is 4.68. The Morgan fingerprint density at radius 2 is 2.05 bits per heavy atom. The van der Waals surface area contributed by atoms with Crippen LogP contribution in [-0.2, 0) is 21.2 Å². The van der Waals surface area contributed by atoms with Gasteiger partial charge in [0.05, 0.1) is 15.9 Å². The molecule has 0 saturated carbocycles. The minimum Gasteiger partial charge on any atom is -0.349 e. The van der Waals surface area contributed by atoms with Crippen LogP contribution in [0.2, 0.25) is 0 Å². The second-order valence-corrected chi connectivity index (χ2v) is 7.41. The summed E-state index contributed by atoms with van der Waals surface area (Å²) >= 11 is 5.24. The van der Waals surface area contributed by atoms with E-state index < -0.39 is 9.84 Å². The number of carbonyl (C=O) groups excluding carboxylic acids is 1.